The summed E-state index contributed by atoms with van der Waals surface area (Å²) in [5.41, 5.74) is 4.07. The first-order valence-corrected chi connectivity index (χ1v) is 11.6. The van der Waals surface area contributed by atoms with E-state index >= 15 is 0 Å². The van der Waals surface area contributed by atoms with Crippen LogP contribution in [0.3, 0.4) is 0 Å². The molecule has 0 saturated carbocycles. The number of benzene rings is 1. The quantitative estimate of drug-likeness (QED) is 0.424. The molecular weight excluding hydrogens is 414 g/mol. The van der Waals surface area contributed by atoms with Gasteiger partial charge in [0, 0.05) is 18.8 Å². The average molecular weight is 446 g/mol. The number of hydrogen-bond acceptors (Lipinski definition) is 6. The number of thioether (sulfide) groups is 1. The molecule has 1 aromatic carbocycles. The second-order valence-corrected chi connectivity index (χ2v) is 6.84. The molecule has 2 aromatic heterocycles. The molecule has 168 valence electrons. The van der Waals surface area contributed by atoms with Gasteiger partial charge in [0.25, 0.3) is 11.5 Å². The molecule has 2 heterocycles. The first-order chi connectivity index (χ1) is 15.1. The number of rotatable bonds is 7. The summed E-state index contributed by atoms with van der Waals surface area (Å²) in [4.78, 5) is 25.4. The molecule has 31 heavy (non-hydrogen) atoms. The number of nitrogens with one attached hydrogen (secondary N) is 1. The third kappa shape index (κ3) is 7.37. The zero-order chi connectivity index (χ0) is 23.2. The fraction of sp³-hybridized carbons (Fsp3) is 0.364. The van der Waals surface area contributed by atoms with Crippen LogP contribution in [0.15, 0.2) is 59.8 Å². The lowest BCUT2D eigenvalue weighted by atomic mass is 10.1. The molecule has 0 aliphatic carbocycles. The Kier molecular flexibility index (Phi) is 11.9. The number of carbonyl (C=O) groups excluding carboxylic acids is 1. The average Bonchev–Trinajstić information content (AvgIpc) is 3.38. The highest BCUT2D eigenvalue weighted by atomic mass is 32.2. The summed E-state index contributed by atoms with van der Waals surface area (Å²) in [6, 6.07) is 11.0. The van der Waals surface area contributed by atoms with Crippen LogP contribution in [0.2, 0.25) is 0 Å². The number of hydrogen-bond donors (Lipinski definition) is 2. The molecule has 8 nitrogen and oxygen atoms in total. The van der Waals surface area contributed by atoms with Crippen molar-refractivity contribution in [3.63, 3.8) is 0 Å². The van der Waals surface area contributed by atoms with E-state index in [4.69, 9.17) is 5.21 Å². The molecule has 0 aliphatic heterocycles. The Bertz CT molecular complexity index is 956. The van der Waals surface area contributed by atoms with Gasteiger partial charge in [-0.3, -0.25) is 14.8 Å². The van der Waals surface area contributed by atoms with Gasteiger partial charge in [-0.05, 0) is 42.0 Å². The Morgan fingerprint density at radius 3 is 2.19 bits per heavy atom. The maximum atomic E-state index is 12.4. The summed E-state index contributed by atoms with van der Waals surface area (Å²) in [6.45, 7) is 8.39. The fourth-order valence-corrected chi connectivity index (χ4v) is 3.30. The van der Waals surface area contributed by atoms with E-state index in [2.05, 4.69) is 10.2 Å². The van der Waals surface area contributed by atoms with Gasteiger partial charge in [-0.25, -0.2) is 5.48 Å². The third-order valence-corrected chi connectivity index (χ3v) is 5.18. The minimum absolute atomic E-state index is 0.144. The highest BCUT2D eigenvalue weighted by Gasteiger charge is 2.16. The van der Waals surface area contributed by atoms with Crippen LogP contribution in [0.4, 0.5) is 0 Å². The van der Waals surface area contributed by atoms with Crippen molar-refractivity contribution in [1.29, 1.82) is 0 Å². The fourth-order valence-electron chi connectivity index (χ4n) is 2.69. The predicted molar refractivity (Wildman–Crippen MR) is 126 cm³/mol. The first-order valence-electron chi connectivity index (χ1n) is 10.3. The van der Waals surface area contributed by atoms with Crippen LogP contribution in [-0.4, -0.2) is 42.2 Å². The van der Waals surface area contributed by atoms with Crippen LogP contribution in [-0.2, 0) is 11.3 Å². The van der Waals surface area contributed by atoms with Gasteiger partial charge < -0.3 is 4.57 Å². The van der Waals surface area contributed by atoms with Gasteiger partial charge in [-0.15, -0.1) is 0 Å². The lowest BCUT2D eigenvalue weighted by Crippen LogP contribution is -2.31. The van der Waals surface area contributed by atoms with E-state index in [0.29, 0.717) is 13.0 Å². The van der Waals surface area contributed by atoms with Crippen molar-refractivity contribution in [2.24, 2.45) is 0 Å². The van der Waals surface area contributed by atoms with Gasteiger partial charge in [0.2, 0.25) is 0 Å². The molecule has 2 N–H and O–H groups in total. The standard InChI is InChI=1S/C18H19N5O3S.2C2H6/c1-27-16(18(25)21-26)7-11-22-10-6-14(12-17(22)24)13-2-4-15(5-3-13)23-19-8-9-20-23;2*1-2/h2-6,8-10,12,16,26H,7,11H2,1H3,(H,21,25);2*1-2H3. The number of amides is 1. The molecular formula is C22H31N5O3S. The zero-order valence-electron chi connectivity index (χ0n) is 18.6. The van der Waals surface area contributed by atoms with E-state index in [-0.39, 0.29) is 5.56 Å². The van der Waals surface area contributed by atoms with E-state index < -0.39 is 11.2 Å². The molecule has 1 atom stereocenters. The largest absolute Gasteiger partial charge is 0.315 e. The summed E-state index contributed by atoms with van der Waals surface area (Å²) < 4.78 is 1.55. The van der Waals surface area contributed by atoms with Crippen molar-refractivity contribution in [2.45, 2.75) is 45.9 Å². The van der Waals surface area contributed by atoms with Gasteiger partial charge in [0.15, 0.2) is 0 Å². The summed E-state index contributed by atoms with van der Waals surface area (Å²) in [5, 5.41) is 16.5. The summed E-state index contributed by atoms with van der Waals surface area (Å²) in [7, 11) is 0. The third-order valence-electron chi connectivity index (χ3n) is 4.17. The topological polar surface area (TPSA) is 102 Å². The molecule has 0 saturated heterocycles. The SMILES string of the molecule is CC.CC.CSC(CCn1ccc(-c2ccc(-n3nccn3)cc2)cc1=O)C(=O)NO. The van der Waals surface area contributed by atoms with Gasteiger partial charge in [0.05, 0.1) is 23.3 Å². The van der Waals surface area contributed by atoms with Crippen LogP contribution in [0.1, 0.15) is 34.1 Å². The number of hydroxylamine groups is 1. The van der Waals surface area contributed by atoms with Crippen LogP contribution in [0.5, 0.6) is 0 Å². The van der Waals surface area contributed by atoms with Crippen molar-refractivity contribution in [3.05, 3.63) is 65.3 Å². The normalized spacial score (nSPS) is 10.8. The Hall–Kier alpha value is -2.91. The van der Waals surface area contributed by atoms with Gasteiger partial charge in [-0.2, -0.15) is 26.8 Å². The zero-order valence-corrected chi connectivity index (χ0v) is 19.5. The first kappa shape index (κ1) is 26.1. The molecule has 0 aliphatic rings. The Morgan fingerprint density at radius 2 is 1.68 bits per heavy atom. The summed E-state index contributed by atoms with van der Waals surface area (Å²) in [5.74, 6) is -0.459. The van der Waals surface area contributed by atoms with Gasteiger partial charge in [-0.1, -0.05) is 39.8 Å². The van der Waals surface area contributed by atoms with E-state index in [1.54, 1.807) is 41.0 Å². The Labute approximate surface area is 187 Å². The molecule has 1 unspecified atom stereocenters. The Morgan fingerprint density at radius 1 is 1.06 bits per heavy atom. The minimum Gasteiger partial charge on any atom is -0.315 e. The van der Waals surface area contributed by atoms with E-state index in [0.717, 1.165) is 16.8 Å². The number of nitrogens with zero attached hydrogens (tertiary/aromatic N) is 4. The molecule has 9 heteroatoms. The van der Waals surface area contributed by atoms with E-state index in [9.17, 15) is 9.59 Å². The highest BCUT2D eigenvalue weighted by molar-refractivity contribution is 7.99. The highest BCUT2D eigenvalue weighted by Crippen LogP contribution is 2.19. The number of aryl methyl sites for hydroxylation is 1. The molecule has 1 amide bonds. The summed E-state index contributed by atoms with van der Waals surface area (Å²) in [6.07, 6.45) is 7.17. The van der Waals surface area contributed by atoms with Crippen molar-refractivity contribution in [2.75, 3.05) is 6.26 Å². The number of pyridine rings is 1. The van der Waals surface area contributed by atoms with Crippen LogP contribution in [0.25, 0.3) is 16.8 Å². The lowest BCUT2D eigenvalue weighted by molar-refractivity contribution is -0.128. The lowest BCUT2D eigenvalue weighted by Gasteiger charge is -2.13. The second-order valence-electron chi connectivity index (χ2n) is 5.80. The molecule has 0 bridgehead atoms. The molecule has 3 rings (SSSR count). The smallest absolute Gasteiger partial charge is 0.256 e. The summed E-state index contributed by atoms with van der Waals surface area (Å²) >= 11 is 1.33. The molecule has 3 aromatic rings. The minimum atomic E-state index is -0.459. The van der Waals surface area contributed by atoms with E-state index in [1.807, 2.05) is 58.0 Å². The maximum absolute atomic E-state index is 12.4. The van der Waals surface area contributed by atoms with E-state index in [1.165, 1.54) is 16.6 Å². The van der Waals surface area contributed by atoms with Crippen LogP contribution >= 0.6 is 11.8 Å². The van der Waals surface area contributed by atoms with Crippen molar-refractivity contribution in [1.82, 2.24) is 25.0 Å². The van der Waals surface area contributed by atoms with Crippen LogP contribution in [0, 0.1) is 0 Å². The van der Waals surface area contributed by atoms with Gasteiger partial charge >= 0.3 is 0 Å². The predicted octanol–water partition coefficient (Wildman–Crippen LogP) is 3.78. The van der Waals surface area contributed by atoms with Crippen molar-refractivity contribution >= 4 is 17.7 Å². The maximum Gasteiger partial charge on any atom is 0.256 e. The van der Waals surface area contributed by atoms with Gasteiger partial charge in [0.1, 0.15) is 0 Å². The van der Waals surface area contributed by atoms with Crippen molar-refractivity contribution in [3.8, 4) is 16.8 Å². The number of aromatic nitrogens is 4. The Balaban J connectivity index is 0.00000113. The molecule has 0 fully saturated rings. The molecule has 0 spiro atoms. The second kappa shape index (κ2) is 14.2. The number of carbonyl (C=O) groups is 1. The molecule has 0 radical (unpaired) electrons. The van der Waals surface area contributed by atoms with Crippen molar-refractivity contribution < 1.29 is 10.0 Å². The monoisotopic (exact) mass is 445 g/mol. The van der Waals surface area contributed by atoms with Crippen LogP contribution < -0.4 is 11.0 Å².